The van der Waals surface area contributed by atoms with E-state index in [2.05, 4.69) is 44.1 Å². The van der Waals surface area contributed by atoms with Gasteiger partial charge >= 0.3 is 0 Å². The lowest BCUT2D eigenvalue weighted by atomic mass is 9.90. The number of hydrogen-bond acceptors (Lipinski definition) is 3. The number of nitrogens with zero attached hydrogens (tertiary/aromatic N) is 2. The van der Waals surface area contributed by atoms with Crippen LogP contribution in [-0.4, -0.2) is 23.4 Å². The minimum absolute atomic E-state index is 0.0368. The Kier molecular flexibility index (Phi) is 4.37. The first-order valence-electron chi connectivity index (χ1n) is 7.25. The molecular weight excluding hydrogens is 262 g/mol. The maximum atomic E-state index is 6.02. The highest BCUT2D eigenvalue weighted by Gasteiger charge is 2.23. The summed E-state index contributed by atoms with van der Waals surface area (Å²) >= 11 is 0. The number of benzene rings is 1. The van der Waals surface area contributed by atoms with Crippen LogP contribution in [0.15, 0.2) is 30.3 Å². The third kappa shape index (κ3) is 3.27. The van der Waals surface area contributed by atoms with Crippen molar-refractivity contribution >= 4 is 0 Å². The van der Waals surface area contributed by atoms with Crippen molar-refractivity contribution in [2.24, 2.45) is 12.8 Å². The van der Waals surface area contributed by atoms with E-state index in [-0.39, 0.29) is 11.3 Å². The van der Waals surface area contributed by atoms with E-state index in [1.165, 1.54) is 5.56 Å². The van der Waals surface area contributed by atoms with Crippen LogP contribution in [0.3, 0.4) is 0 Å². The van der Waals surface area contributed by atoms with E-state index >= 15 is 0 Å². The molecule has 2 N–H and O–H groups in total. The molecule has 0 bridgehead atoms. The molecule has 0 saturated heterocycles. The molecule has 0 aliphatic heterocycles. The number of nitrogens with two attached hydrogens (primary N) is 1. The van der Waals surface area contributed by atoms with Crippen LogP contribution in [0, 0.1) is 0 Å². The first-order chi connectivity index (χ1) is 9.86. The maximum absolute atomic E-state index is 6.02. The van der Waals surface area contributed by atoms with E-state index in [9.17, 15) is 0 Å². The van der Waals surface area contributed by atoms with E-state index in [4.69, 9.17) is 10.5 Å². The van der Waals surface area contributed by atoms with Crippen molar-refractivity contribution in [1.82, 2.24) is 9.78 Å². The first kappa shape index (κ1) is 15.6. The van der Waals surface area contributed by atoms with Crippen LogP contribution in [0.2, 0.25) is 0 Å². The summed E-state index contributed by atoms with van der Waals surface area (Å²) < 4.78 is 7.16. The Morgan fingerprint density at radius 1 is 1.24 bits per heavy atom. The first-order valence-corrected chi connectivity index (χ1v) is 7.25. The molecule has 0 aliphatic carbocycles. The molecule has 0 spiro atoms. The van der Waals surface area contributed by atoms with Gasteiger partial charge in [-0.25, -0.2) is 0 Å². The summed E-state index contributed by atoms with van der Waals surface area (Å²) in [7, 11) is 3.66. The van der Waals surface area contributed by atoms with Crippen LogP contribution in [0.4, 0.5) is 0 Å². The predicted octanol–water partition coefficient (Wildman–Crippen LogP) is 2.82. The van der Waals surface area contributed by atoms with E-state index in [0.717, 1.165) is 17.1 Å². The van der Waals surface area contributed by atoms with Gasteiger partial charge in [0.25, 0.3) is 0 Å². The monoisotopic (exact) mass is 287 g/mol. The van der Waals surface area contributed by atoms with Gasteiger partial charge in [-0.15, -0.1) is 0 Å². The quantitative estimate of drug-likeness (QED) is 0.940. The van der Waals surface area contributed by atoms with Crippen molar-refractivity contribution in [3.8, 4) is 5.75 Å². The van der Waals surface area contributed by atoms with Crippen molar-refractivity contribution in [2.45, 2.75) is 32.1 Å². The normalized spacial score (nSPS) is 13.2. The van der Waals surface area contributed by atoms with Crippen molar-refractivity contribution in [2.75, 3.05) is 13.7 Å². The van der Waals surface area contributed by atoms with Gasteiger partial charge in [0.05, 0.1) is 12.8 Å². The van der Waals surface area contributed by atoms with Gasteiger partial charge in [0.1, 0.15) is 5.75 Å². The minimum atomic E-state index is 0.0368. The fraction of sp³-hybridized carbons (Fsp3) is 0.471. The maximum Gasteiger partial charge on any atom is 0.118 e. The lowest BCUT2D eigenvalue weighted by molar-refractivity contribution is 0.414. The van der Waals surface area contributed by atoms with Crippen LogP contribution in [0.25, 0.3) is 0 Å². The number of methoxy groups -OCH3 is 1. The molecule has 114 valence electrons. The van der Waals surface area contributed by atoms with Crippen LogP contribution in [0.5, 0.6) is 5.75 Å². The molecule has 0 radical (unpaired) electrons. The Labute approximate surface area is 126 Å². The number of hydrogen-bond donors (Lipinski definition) is 1. The van der Waals surface area contributed by atoms with Crippen molar-refractivity contribution in [1.29, 1.82) is 0 Å². The molecule has 1 heterocycles. The van der Waals surface area contributed by atoms with Crippen molar-refractivity contribution < 1.29 is 4.74 Å². The van der Waals surface area contributed by atoms with Crippen LogP contribution in [-0.2, 0) is 12.5 Å². The number of aryl methyl sites for hydroxylation is 1. The molecule has 0 fully saturated rings. The number of rotatable bonds is 4. The lowest BCUT2D eigenvalue weighted by Gasteiger charge is -2.16. The van der Waals surface area contributed by atoms with Gasteiger partial charge in [0.15, 0.2) is 0 Å². The average molecular weight is 287 g/mol. The molecule has 4 heteroatoms. The molecule has 1 unspecified atom stereocenters. The summed E-state index contributed by atoms with van der Waals surface area (Å²) in [5.41, 5.74) is 9.48. The fourth-order valence-electron chi connectivity index (χ4n) is 2.44. The van der Waals surface area contributed by atoms with E-state index in [0.29, 0.717) is 6.54 Å². The highest BCUT2D eigenvalue weighted by molar-refractivity contribution is 5.35. The Morgan fingerprint density at radius 2 is 1.86 bits per heavy atom. The summed E-state index contributed by atoms with van der Waals surface area (Å²) in [6.07, 6.45) is 0. The summed E-state index contributed by atoms with van der Waals surface area (Å²) in [6, 6.07) is 10.3. The zero-order valence-corrected chi connectivity index (χ0v) is 13.6. The molecule has 0 amide bonds. The van der Waals surface area contributed by atoms with E-state index in [1.807, 2.05) is 23.9 Å². The van der Waals surface area contributed by atoms with Gasteiger partial charge in [-0.2, -0.15) is 5.10 Å². The standard InChI is InChI=1S/C17H25N3O/c1-17(2,3)16-10-15(20(4)19-16)14(11-18)12-6-8-13(21-5)9-7-12/h6-10,14H,11,18H2,1-5H3. The van der Waals surface area contributed by atoms with E-state index in [1.54, 1.807) is 7.11 Å². The topological polar surface area (TPSA) is 53.1 Å². The molecule has 4 nitrogen and oxygen atoms in total. The summed E-state index contributed by atoms with van der Waals surface area (Å²) in [6.45, 7) is 7.06. The highest BCUT2D eigenvalue weighted by Crippen LogP contribution is 2.29. The number of aromatic nitrogens is 2. The Hall–Kier alpha value is -1.81. The van der Waals surface area contributed by atoms with Crippen molar-refractivity contribution in [3.63, 3.8) is 0 Å². The average Bonchev–Trinajstić information content (AvgIpc) is 2.83. The fourth-order valence-corrected chi connectivity index (χ4v) is 2.44. The Bertz CT molecular complexity index is 593. The molecule has 1 atom stereocenters. The second-order valence-electron chi connectivity index (χ2n) is 6.39. The minimum Gasteiger partial charge on any atom is -0.497 e. The molecule has 1 aromatic heterocycles. The summed E-state index contributed by atoms with van der Waals surface area (Å²) in [5, 5.41) is 4.65. The third-order valence-corrected chi connectivity index (χ3v) is 3.80. The molecule has 0 aliphatic rings. The van der Waals surface area contributed by atoms with Crippen LogP contribution < -0.4 is 10.5 Å². The van der Waals surface area contributed by atoms with Gasteiger partial charge in [0, 0.05) is 30.6 Å². The van der Waals surface area contributed by atoms with Gasteiger partial charge in [-0.1, -0.05) is 32.9 Å². The Morgan fingerprint density at radius 3 is 2.29 bits per heavy atom. The smallest absolute Gasteiger partial charge is 0.118 e. The molecule has 21 heavy (non-hydrogen) atoms. The van der Waals surface area contributed by atoms with Gasteiger partial charge in [-0.3, -0.25) is 4.68 Å². The molecule has 1 aromatic carbocycles. The van der Waals surface area contributed by atoms with Gasteiger partial charge < -0.3 is 10.5 Å². The summed E-state index contributed by atoms with van der Waals surface area (Å²) in [5.74, 6) is 0.999. The highest BCUT2D eigenvalue weighted by atomic mass is 16.5. The van der Waals surface area contributed by atoms with E-state index < -0.39 is 0 Å². The summed E-state index contributed by atoms with van der Waals surface area (Å²) in [4.78, 5) is 0. The third-order valence-electron chi connectivity index (χ3n) is 3.80. The molecular formula is C17H25N3O. The Balaban J connectivity index is 2.39. The lowest BCUT2D eigenvalue weighted by Crippen LogP contribution is -2.17. The zero-order chi connectivity index (χ0) is 15.6. The zero-order valence-electron chi connectivity index (χ0n) is 13.6. The second kappa shape index (κ2) is 5.90. The largest absolute Gasteiger partial charge is 0.497 e. The predicted molar refractivity (Wildman–Crippen MR) is 85.8 cm³/mol. The number of ether oxygens (including phenoxy) is 1. The van der Waals surface area contributed by atoms with Crippen LogP contribution in [0.1, 0.15) is 43.6 Å². The molecule has 2 aromatic rings. The molecule has 0 saturated carbocycles. The molecule has 2 rings (SSSR count). The van der Waals surface area contributed by atoms with Crippen LogP contribution >= 0.6 is 0 Å². The second-order valence-corrected chi connectivity index (χ2v) is 6.39. The van der Waals surface area contributed by atoms with Gasteiger partial charge in [-0.05, 0) is 23.8 Å². The van der Waals surface area contributed by atoms with Crippen molar-refractivity contribution in [3.05, 3.63) is 47.3 Å². The SMILES string of the molecule is COc1ccc(C(CN)c2cc(C(C)(C)C)nn2C)cc1. The van der Waals surface area contributed by atoms with Gasteiger partial charge in [0.2, 0.25) is 0 Å².